The number of aryl methyl sites for hydroxylation is 1. The second-order valence-electron chi connectivity index (χ2n) is 1.77. The molecule has 0 bridgehead atoms. The van der Waals surface area contributed by atoms with Gasteiger partial charge < -0.3 is 0 Å². The molecular formula is C6H6FN3. The Morgan fingerprint density at radius 2 is 2.60 bits per heavy atom. The average Bonchev–Trinajstić information content (AvgIpc) is 2.30. The summed E-state index contributed by atoms with van der Waals surface area (Å²) in [5, 5.41) is 12.0. The molecular weight excluding hydrogens is 133 g/mol. The number of hydrogen-bond donors (Lipinski definition) is 0. The van der Waals surface area contributed by atoms with E-state index in [9.17, 15) is 4.39 Å². The summed E-state index contributed by atoms with van der Waals surface area (Å²) in [5.74, 6) is -0.552. The fourth-order valence-corrected chi connectivity index (χ4v) is 0.713. The molecule has 52 valence electrons. The molecule has 0 aromatic carbocycles. The molecule has 0 aliphatic carbocycles. The van der Waals surface area contributed by atoms with Crippen molar-refractivity contribution in [1.82, 2.24) is 9.78 Å². The van der Waals surface area contributed by atoms with Crippen molar-refractivity contribution in [1.29, 1.82) is 5.26 Å². The number of nitriles is 1. The molecule has 0 fully saturated rings. The van der Waals surface area contributed by atoms with Crippen molar-refractivity contribution in [3.05, 3.63) is 17.7 Å². The van der Waals surface area contributed by atoms with E-state index in [4.69, 9.17) is 5.26 Å². The van der Waals surface area contributed by atoms with Crippen molar-refractivity contribution < 1.29 is 4.39 Å². The molecule has 1 aromatic heterocycles. The lowest BCUT2D eigenvalue weighted by atomic mass is 10.4. The molecule has 0 saturated heterocycles. The van der Waals surface area contributed by atoms with Crippen LogP contribution in [0.25, 0.3) is 0 Å². The maximum Gasteiger partial charge on any atom is 0.179 e. The zero-order valence-electron chi connectivity index (χ0n) is 5.50. The predicted molar refractivity (Wildman–Crippen MR) is 32.6 cm³/mol. The van der Waals surface area contributed by atoms with Gasteiger partial charge in [0.25, 0.3) is 0 Å². The first-order valence-electron chi connectivity index (χ1n) is 2.91. The predicted octanol–water partition coefficient (Wildman–Crippen LogP) is 0.914. The quantitative estimate of drug-likeness (QED) is 0.580. The molecule has 0 radical (unpaired) electrons. The Kier molecular flexibility index (Phi) is 1.67. The van der Waals surface area contributed by atoms with Crippen LogP contribution in [0.15, 0.2) is 6.20 Å². The second-order valence-corrected chi connectivity index (χ2v) is 1.77. The Hall–Kier alpha value is -1.37. The molecule has 0 atom stereocenters. The summed E-state index contributed by atoms with van der Waals surface area (Å²) in [6.07, 6.45) is 1.04. The second kappa shape index (κ2) is 2.48. The van der Waals surface area contributed by atoms with E-state index in [0.717, 1.165) is 6.20 Å². The Morgan fingerprint density at radius 3 is 3.00 bits per heavy atom. The van der Waals surface area contributed by atoms with Crippen molar-refractivity contribution in [3.8, 4) is 6.07 Å². The number of halogens is 1. The molecule has 0 saturated carbocycles. The molecule has 1 rings (SSSR count). The van der Waals surface area contributed by atoms with Gasteiger partial charge in [-0.2, -0.15) is 10.4 Å². The average molecular weight is 139 g/mol. The maximum absolute atomic E-state index is 12.5. The van der Waals surface area contributed by atoms with Crippen molar-refractivity contribution in [2.75, 3.05) is 0 Å². The number of aromatic nitrogens is 2. The minimum Gasteiger partial charge on any atom is -0.252 e. The fourth-order valence-electron chi connectivity index (χ4n) is 0.713. The SMILES string of the molecule is CCn1ncc(F)c1C#N. The van der Waals surface area contributed by atoms with Gasteiger partial charge in [0.05, 0.1) is 6.20 Å². The molecule has 4 heteroatoms. The summed E-state index contributed by atoms with van der Waals surface area (Å²) in [4.78, 5) is 0. The zero-order valence-corrected chi connectivity index (χ0v) is 5.50. The summed E-state index contributed by atoms with van der Waals surface area (Å²) in [7, 11) is 0. The van der Waals surface area contributed by atoms with Crippen LogP contribution < -0.4 is 0 Å². The summed E-state index contributed by atoms with van der Waals surface area (Å²) in [5.41, 5.74) is 0.00231. The summed E-state index contributed by atoms with van der Waals surface area (Å²) in [6, 6.07) is 1.72. The van der Waals surface area contributed by atoms with E-state index in [1.54, 1.807) is 13.0 Å². The van der Waals surface area contributed by atoms with Gasteiger partial charge in [0.2, 0.25) is 0 Å². The van der Waals surface area contributed by atoms with E-state index in [-0.39, 0.29) is 5.69 Å². The lowest BCUT2D eigenvalue weighted by Gasteiger charge is -1.93. The largest absolute Gasteiger partial charge is 0.252 e. The van der Waals surface area contributed by atoms with Crippen molar-refractivity contribution in [2.45, 2.75) is 13.5 Å². The number of hydrogen-bond acceptors (Lipinski definition) is 2. The molecule has 0 aliphatic heterocycles. The smallest absolute Gasteiger partial charge is 0.179 e. The van der Waals surface area contributed by atoms with Gasteiger partial charge in [-0.25, -0.2) is 4.39 Å². The standard InChI is InChI=1S/C6H6FN3/c1-2-10-6(3-8)5(7)4-9-10/h4H,2H2,1H3. The zero-order chi connectivity index (χ0) is 7.56. The Balaban J connectivity index is 3.17. The normalized spacial score (nSPS) is 9.30. The molecule has 0 unspecified atom stereocenters. The molecule has 0 spiro atoms. The third-order valence-electron chi connectivity index (χ3n) is 1.20. The van der Waals surface area contributed by atoms with Gasteiger partial charge in [-0.15, -0.1) is 0 Å². The fraction of sp³-hybridized carbons (Fsp3) is 0.333. The Morgan fingerprint density at radius 1 is 1.90 bits per heavy atom. The van der Waals surface area contributed by atoms with E-state index in [1.807, 2.05) is 0 Å². The molecule has 1 heterocycles. The van der Waals surface area contributed by atoms with Crippen molar-refractivity contribution >= 4 is 0 Å². The number of nitrogens with zero attached hydrogens (tertiary/aromatic N) is 3. The van der Waals surface area contributed by atoms with Gasteiger partial charge in [-0.05, 0) is 6.92 Å². The van der Waals surface area contributed by atoms with Crippen LogP contribution in [0, 0.1) is 17.1 Å². The highest BCUT2D eigenvalue weighted by atomic mass is 19.1. The van der Waals surface area contributed by atoms with Gasteiger partial charge in [-0.1, -0.05) is 0 Å². The first-order chi connectivity index (χ1) is 4.79. The topological polar surface area (TPSA) is 41.6 Å². The molecule has 1 aromatic rings. The molecule has 0 amide bonds. The Labute approximate surface area is 57.7 Å². The summed E-state index contributed by atoms with van der Waals surface area (Å²) < 4.78 is 13.8. The van der Waals surface area contributed by atoms with E-state index >= 15 is 0 Å². The minimum absolute atomic E-state index is 0.00231. The lowest BCUT2D eigenvalue weighted by Crippen LogP contribution is -1.99. The van der Waals surface area contributed by atoms with Gasteiger partial charge in [0, 0.05) is 6.54 Å². The van der Waals surface area contributed by atoms with E-state index in [2.05, 4.69) is 5.10 Å². The van der Waals surface area contributed by atoms with Crippen LogP contribution in [0.3, 0.4) is 0 Å². The highest BCUT2D eigenvalue weighted by molar-refractivity contribution is 5.20. The molecule has 0 N–H and O–H groups in total. The van der Waals surface area contributed by atoms with Gasteiger partial charge in [0.1, 0.15) is 6.07 Å². The van der Waals surface area contributed by atoms with Gasteiger partial charge in [0.15, 0.2) is 11.5 Å². The molecule has 10 heavy (non-hydrogen) atoms. The Bertz CT molecular complexity index is 271. The number of rotatable bonds is 1. The maximum atomic E-state index is 12.5. The lowest BCUT2D eigenvalue weighted by molar-refractivity contribution is 0.606. The molecule has 0 aliphatic rings. The van der Waals surface area contributed by atoms with E-state index in [0.29, 0.717) is 6.54 Å². The first kappa shape index (κ1) is 6.75. The highest BCUT2D eigenvalue weighted by Crippen LogP contribution is 2.03. The van der Waals surface area contributed by atoms with Crippen LogP contribution in [-0.2, 0) is 6.54 Å². The van der Waals surface area contributed by atoms with Crippen molar-refractivity contribution in [3.63, 3.8) is 0 Å². The summed E-state index contributed by atoms with van der Waals surface area (Å²) in [6.45, 7) is 2.32. The van der Waals surface area contributed by atoms with Crippen LogP contribution in [-0.4, -0.2) is 9.78 Å². The third-order valence-corrected chi connectivity index (χ3v) is 1.20. The van der Waals surface area contributed by atoms with Crippen LogP contribution in [0.4, 0.5) is 4.39 Å². The van der Waals surface area contributed by atoms with Crippen LogP contribution in [0.1, 0.15) is 12.6 Å². The van der Waals surface area contributed by atoms with Gasteiger partial charge in [-0.3, -0.25) is 4.68 Å². The third kappa shape index (κ3) is 0.860. The van der Waals surface area contributed by atoms with Crippen LogP contribution in [0.5, 0.6) is 0 Å². The monoisotopic (exact) mass is 139 g/mol. The first-order valence-corrected chi connectivity index (χ1v) is 2.91. The van der Waals surface area contributed by atoms with Crippen LogP contribution >= 0.6 is 0 Å². The van der Waals surface area contributed by atoms with E-state index < -0.39 is 5.82 Å². The minimum atomic E-state index is -0.552. The van der Waals surface area contributed by atoms with Crippen molar-refractivity contribution in [2.24, 2.45) is 0 Å². The summed E-state index contributed by atoms with van der Waals surface area (Å²) >= 11 is 0. The van der Waals surface area contributed by atoms with E-state index in [1.165, 1.54) is 4.68 Å². The van der Waals surface area contributed by atoms with Gasteiger partial charge >= 0.3 is 0 Å². The molecule has 3 nitrogen and oxygen atoms in total. The van der Waals surface area contributed by atoms with Crippen LogP contribution in [0.2, 0.25) is 0 Å². The highest BCUT2D eigenvalue weighted by Gasteiger charge is 2.06.